The van der Waals surface area contributed by atoms with Crippen molar-refractivity contribution in [2.45, 2.75) is 76.5 Å². The van der Waals surface area contributed by atoms with E-state index in [1.165, 1.54) is 6.42 Å². The number of nitriles is 1. The fourth-order valence-electron chi connectivity index (χ4n) is 6.13. The van der Waals surface area contributed by atoms with Gasteiger partial charge in [0.05, 0.1) is 30.9 Å². The summed E-state index contributed by atoms with van der Waals surface area (Å²) in [6.45, 7) is 5.11. The number of nitrogens with zero attached hydrogens (tertiary/aromatic N) is 3. The molecule has 4 aliphatic rings. The van der Waals surface area contributed by atoms with Gasteiger partial charge in [-0.1, -0.05) is 19.8 Å². The zero-order chi connectivity index (χ0) is 23.4. The molecule has 9 heteroatoms. The SMILES string of the molecule is C[C@H](CC1NNCN1C)C1CCCC(NC(=O)C2CC(C(=O)N3CC[C@H](C#N)C3)CCN2)C1. The highest BCUT2D eigenvalue weighted by atomic mass is 16.2. The molecule has 0 aromatic rings. The number of piperidine rings is 1. The van der Waals surface area contributed by atoms with Crippen molar-refractivity contribution in [3.05, 3.63) is 0 Å². The molecule has 0 aromatic heterocycles. The first kappa shape index (κ1) is 24.4. The molecule has 0 aromatic carbocycles. The van der Waals surface area contributed by atoms with E-state index in [1.54, 1.807) is 0 Å². The second-order valence-corrected chi connectivity index (χ2v) is 10.7. The minimum absolute atomic E-state index is 0.0440. The van der Waals surface area contributed by atoms with E-state index >= 15 is 0 Å². The van der Waals surface area contributed by atoms with Crippen LogP contribution in [0.25, 0.3) is 0 Å². The van der Waals surface area contributed by atoms with Crippen LogP contribution in [0.4, 0.5) is 0 Å². The normalized spacial score (nSPS) is 36.3. The van der Waals surface area contributed by atoms with Crippen LogP contribution in [-0.2, 0) is 9.59 Å². The standard InChI is InChI=1S/C24H41N7O2/c1-16(10-22-29-27-15-30(22)2)18-4-3-5-20(11-18)28-23(32)21-12-19(6-8-26-21)24(33)31-9-7-17(13-25)14-31/h16-22,26-27,29H,3-12,14-15H2,1-2H3,(H,28,32)/t16-,17-,18?,19?,20?,21?,22?/m1/s1. The number of likely N-dealkylation sites (tertiary alicyclic amines) is 1. The van der Waals surface area contributed by atoms with Crippen LogP contribution in [0.5, 0.6) is 0 Å². The lowest BCUT2D eigenvalue weighted by Crippen LogP contribution is -2.53. The minimum Gasteiger partial charge on any atom is -0.352 e. The van der Waals surface area contributed by atoms with Crippen molar-refractivity contribution in [2.75, 3.05) is 33.4 Å². The molecule has 1 saturated carbocycles. The summed E-state index contributed by atoms with van der Waals surface area (Å²) in [7, 11) is 2.13. The van der Waals surface area contributed by atoms with Crippen LogP contribution in [0, 0.1) is 35.0 Å². The topological polar surface area (TPSA) is 113 Å². The molecule has 5 unspecified atom stereocenters. The third kappa shape index (κ3) is 6.04. The van der Waals surface area contributed by atoms with Gasteiger partial charge in [0.15, 0.2) is 0 Å². The summed E-state index contributed by atoms with van der Waals surface area (Å²) in [6.07, 6.45) is 8.01. The van der Waals surface area contributed by atoms with Crippen LogP contribution in [0.1, 0.15) is 58.3 Å². The number of nitrogens with one attached hydrogen (secondary N) is 4. The van der Waals surface area contributed by atoms with E-state index in [0.717, 1.165) is 45.2 Å². The second-order valence-electron chi connectivity index (χ2n) is 10.7. The first-order valence-corrected chi connectivity index (χ1v) is 12.9. The number of rotatable bonds is 6. The zero-order valence-corrected chi connectivity index (χ0v) is 20.2. The quantitative estimate of drug-likeness (QED) is 0.464. The number of hydrogen-bond donors (Lipinski definition) is 4. The van der Waals surface area contributed by atoms with E-state index in [9.17, 15) is 9.59 Å². The third-order valence-corrected chi connectivity index (χ3v) is 8.34. The van der Waals surface area contributed by atoms with E-state index in [0.29, 0.717) is 44.1 Å². The van der Waals surface area contributed by atoms with E-state index in [-0.39, 0.29) is 35.7 Å². The van der Waals surface area contributed by atoms with Gasteiger partial charge in [-0.15, -0.1) is 0 Å². The van der Waals surface area contributed by atoms with Crippen molar-refractivity contribution in [1.82, 2.24) is 31.3 Å². The average molecular weight is 460 g/mol. The summed E-state index contributed by atoms with van der Waals surface area (Å²) in [5.41, 5.74) is 6.56. The van der Waals surface area contributed by atoms with E-state index < -0.39 is 0 Å². The number of amides is 2. The van der Waals surface area contributed by atoms with Gasteiger partial charge in [0.2, 0.25) is 11.8 Å². The van der Waals surface area contributed by atoms with Crippen LogP contribution in [0.3, 0.4) is 0 Å². The number of carbonyl (C=O) groups excluding carboxylic acids is 2. The van der Waals surface area contributed by atoms with Gasteiger partial charge < -0.3 is 15.5 Å². The summed E-state index contributed by atoms with van der Waals surface area (Å²) in [4.78, 5) is 30.2. The summed E-state index contributed by atoms with van der Waals surface area (Å²) in [6, 6.07) is 2.20. The molecule has 0 radical (unpaired) electrons. The van der Waals surface area contributed by atoms with Gasteiger partial charge in [-0.05, 0) is 64.0 Å². The Bertz CT molecular complexity index is 741. The van der Waals surface area contributed by atoms with Crippen LogP contribution >= 0.6 is 0 Å². The van der Waals surface area contributed by atoms with Crippen molar-refractivity contribution >= 4 is 11.8 Å². The summed E-state index contributed by atoms with van der Waals surface area (Å²) < 4.78 is 0. The summed E-state index contributed by atoms with van der Waals surface area (Å²) in [5, 5.41) is 15.8. The molecule has 4 rings (SSSR count). The Morgan fingerprint density at radius 3 is 2.79 bits per heavy atom. The smallest absolute Gasteiger partial charge is 0.237 e. The van der Waals surface area contributed by atoms with Gasteiger partial charge >= 0.3 is 0 Å². The highest BCUT2D eigenvalue weighted by Crippen LogP contribution is 2.33. The van der Waals surface area contributed by atoms with Gasteiger partial charge in [-0.3, -0.25) is 14.5 Å². The van der Waals surface area contributed by atoms with Gasteiger partial charge in [0, 0.05) is 25.0 Å². The maximum atomic E-state index is 13.1. The van der Waals surface area contributed by atoms with E-state index in [4.69, 9.17) is 5.26 Å². The molecule has 3 saturated heterocycles. The maximum absolute atomic E-state index is 13.1. The zero-order valence-electron chi connectivity index (χ0n) is 20.2. The Kier molecular flexibility index (Phi) is 8.23. The molecule has 3 heterocycles. The molecular formula is C24H41N7O2. The molecule has 0 spiro atoms. The van der Waals surface area contributed by atoms with Gasteiger partial charge in [-0.25, -0.2) is 10.9 Å². The van der Waals surface area contributed by atoms with Crippen molar-refractivity contribution in [2.24, 2.45) is 23.7 Å². The lowest BCUT2D eigenvalue weighted by molar-refractivity contribution is -0.136. The Morgan fingerprint density at radius 1 is 1.21 bits per heavy atom. The number of hydrogen-bond acceptors (Lipinski definition) is 7. The Balaban J connectivity index is 1.25. The van der Waals surface area contributed by atoms with Crippen LogP contribution in [0.15, 0.2) is 0 Å². The molecule has 4 N–H and O–H groups in total. The fraction of sp³-hybridized carbons (Fsp3) is 0.875. The van der Waals surface area contributed by atoms with Crippen molar-refractivity contribution < 1.29 is 9.59 Å². The molecule has 33 heavy (non-hydrogen) atoms. The Labute approximate surface area is 198 Å². The molecule has 7 atom stereocenters. The first-order valence-electron chi connectivity index (χ1n) is 12.9. The number of hydrazine groups is 1. The molecule has 184 valence electrons. The van der Waals surface area contributed by atoms with Gasteiger partial charge in [0.1, 0.15) is 0 Å². The molecule has 4 fully saturated rings. The van der Waals surface area contributed by atoms with Crippen LogP contribution < -0.4 is 21.5 Å². The first-order chi connectivity index (χ1) is 15.9. The highest BCUT2D eigenvalue weighted by Gasteiger charge is 2.37. The monoisotopic (exact) mass is 459 g/mol. The van der Waals surface area contributed by atoms with Crippen molar-refractivity contribution in [3.8, 4) is 6.07 Å². The predicted octanol–water partition coefficient (Wildman–Crippen LogP) is 0.751. The van der Waals surface area contributed by atoms with Crippen molar-refractivity contribution in [1.29, 1.82) is 5.26 Å². The van der Waals surface area contributed by atoms with Gasteiger partial charge in [0.25, 0.3) is 0 Å². The largest absolute Gasteiger partial charge is 0.352 e. The minimum atomic E-state index is -0.303. The lowest BCUT2D eigenvalue weighted by Gasteiger charge is -2.36. The van der Waals surface area contributed by atoms with Gasteiger partial charge in [-0.2, -0.15) is 5.26 Å². The Hall–Kier alpha value is -1.73. The third-order valence-electron chi connectivity index (χ3n) is 8.34. The average Bonchev–Trinajstić information content (AvgIpc) is 3.48. The van der Waals surface area contributed by atoms with Crippen LogP contribution in [0.2, 0.25) is 0 Å². The molecular weight excluding hydrogens is 418 g/mol. The lowest BCUT2D eigenvalue weighted by atomic mass is 9.77. The van der Waals surface area contributed by atoms with E-state index in [1.807, 2.05) is 4.90 Å². The molecule has 1 aliphatic carbocycles. The van der Waals surface area contributed by atoms with Crippen molar-refractivity contribution in [3.63, 3.8) is 0 Å². The second kappa shape index (κ2) is 11.1. The maximum Gasteiger partial charge on any atom is 0.237 e. The molecule has 2 amide bonds. The highest BCUT2D eigenvalue weighted by molar-refractivity contribution is 5.85. The fourth-order valence-corrected chi connectivity index (χ4v) is 6.13. The Morgan fingerprint density at radius 2 is 2.06 bits per heavy atom. The molecule has 3 aliphatic heterocycles. The predicted molar refractivity (Wildman–Crippen MR) is 125 cm³/mol. The van der Waals surface area contributed by atoms with Crippen LogP contribution in [-0.4, -0.2) is 73.2 Å². The molecule has 9 nitrogen and oxygen atoms in total. The van der Waals surface area contributed by atoms with E-state index in [2.05, 4.69) is 46.4 Å². The summed E-state index contributed by atoms with van der Waals surface area (Å²) >= 11 is 0. The summed E-state index contributed by atoms with van der Waals surface area (Å²) in [5.74, 6) is 1.22. The molecule has 0 bridgehead atoms. The number of carbonyl (C=O) groups is 2.